The van der Waals surface area contributed by atoms with Crippen LogP contribution in [0.4, 0.5) is 4.39 Å². The van der Waals surface area contributed by atoms with Gasteiger partial charge in [-0.3, -0.25) is 4.79 Å². The van der Waals surface area contributed by atoms with Crippen LogP contribution in [-0.2, 0) is 11.2 Å². The lowest BCUT2D eigenvalue weighted by molar-refractivity contribution is -0.125. The molecule has 0 aliphatic carbocycles. The van der Waals surface area contributed by atoms with Crippen LogP contribution in [0, 0.1) is 11.7 Å². The van der Waals surface area contributed by atoms with E-state index >= 15 is 0 Å². The van der Waals surface area contributed by atoms with E-state index in [1.807, 2.05) is 0 Å². The van der Waals surface area contributed by atoms with Gasteiger partial charge in [-0.05, 0) is 30.2 Å². The van der Waals surface area contributed by atoms with E-state index in [0.717, 1.165) is 5.56 Å². The normalized spacial score (nSPS) is 18.9. The molecule has 1 unspecified atom stereocenters. The van der Waals surface area contributed by atoms with Gasteiger partial charge in [0.05, 0.1) is 5.92 Å². The third-order valence-corrected chi connectivity index (χ3v) is 2.55. The molecule has 0 spiro atoms. The Hall–Kier alpha value is -1.58. The number of benzene rings is 1. The molecule has 1 N–H and O–H groups in total. The van der Waals surface area contributed by atoms with Crippen LogP contribution in [0.25, 0.3) is 0 Å². The fourth-order valence-corrected chi connectivity index (χ4v) is 1.74. The standard InChI is InChI=1S/C11H12FNO2/c1-13-11(14)8-4-7-5-9(12)2-3-10(7)15-6-8/h2-3,5,8H,4,6H2,1H3,(H,13,14). The molecular weight excluding hydrogens is 197 g/mol. The van der Waals surface area contributed by atoms with E-state index in [0.29, 0.717) is 18.8 Å². The minimum Gasteiger partial charge on any atom is -0.492 e. The highest BCUT2D eigenvalue weighted by atomic mass is 19.1. The SMILES string of the molecule is CNC(=O)C1COc2ccc(F)cc2C1. The Balaban J connectivity index is 2.22. The summed E-state index contributed by atoms with van der Waals surface area (Å²) in [5.41, 5.74) is 0.759. The van der Waals surface area contributed by atoms with Crippen LogP contribution < -0.4 is 10.1 Å². The van der Waals surface area contributed by atoms with Crippen LogP contribution in [-0.4, -0.2) is 19.6 Å². The Kier molecular flexibility index (Phi) is 2.58. The fraction of sp³-hybridized carbons (Fsp3) is 0.364. The molecule has 3 nitrogen and oxygen atoms in total. The van der Waals surface area contributed by atoms with E-state index in [4.69, 9.17) is 4.74 Å². The van der Waals surface area contributed by atoms with E-state index < -0.39 is 0 Å². The minimum absolute atomic E-state index is 0.0649. The van der Waals surface area contributed by atoms with Gasteiger partial charge in [0.25, 0.3) is 0 Å². The Morgan fingerprint density at radius 3 is 3.13 bits per heavy atom. The molecule has 0 aromatic heterocycles. The Morgan fingerprint density at radius 2 is 2.40 bits per heavy atom. The summed E-state index contributed by atoms with van der Waals surface area (Å²) in [6, 6.07) is 4.38. The summed E-state index contributed by atoms with van der Waals surface area (Å²) < 4.78 is 18.3. The molecule has 2 rings (SSSR count). The first kappa shape index (κ1) is 9.96. The number of ether oxygens (including phenoxy) is 1. The van der Waals surface area contributed by atoms with E-state index in [1.165, 1.54) is 12.1 Å². The quantitative estimate of drug-likeness (QED) is 0.752. The maximum Gasteiger partial charge on any atom is 0.226 e. The number of amides is 1. The van der Waals surface area contributed by atoms with Gasteiger partial charge >= 0.3 is 0 Å². The number of halogens is 1. The number of hydrogen-bond donors (Lipinski definition) is 1. The molecule has 1 heterocycles. The van der Waals surface area contributed by atoms with Gasteiger partial charge in [-0.25, -0.2) is 4.39 Å². The van der Waals surface area contributed by atoms with Crippen LogP contribution >= 0.6 is 0 Å². The number of fused-ring (bicyclic) bond motifs is 1. The van der Waals surface area contributed by atoms with Crippen LogP contribution in [0.5, 0.6) is 5.75 Å². The molecular formula is C11H12FNO2. The molecule has 1 aromatic rings. The predicted molar refractivity (Wildman–Crippen MR) is 53.2 cm³/mol. The summed E-state index contributed by atoms with van der Waals surface area (Å²) in [6.45, 7) is 0.359. The van der Waals surface area contributed by atoms with Gasteiger partial charge < -0.3 is 10.1 Å². The first-order chi connectivity index (χ1) is 7.20. The van der Waals surface area contributed by atoms with Crippen LogP contribution in [0.1, 0.15) is 5.56 Å². The maximum atomic E-state index is 12.9. The molecule has 4 heteroatoms. The second-order valence-corrected chi connectivity index (χ2v) is 3.58. The number of carbonyl (C=O) groups is 1. The van der Waals surface area contributed by atoms with Crippen molar-refractivity contribution in [2.24, 2.45) is 5.92 Å². The lowest BCUT2D eigenvalue weighted by Crippen LogP contribution is -2.35. The third-order valence-electron chi connectivity index (χ3n) is 2.55. The van der Waals surface area contributed by atoms with Crippen LogP contribution in [0.3, 0.4) is 0 Å². The van der Waals surface area contributed by atoms with Gasteiger partial charge in [0.2, 0.25) is 5.91 Å². The highest BCUT2D eigenvalue weighted by Gasteiger charge is 2.25. The summed E-state index contributed by atoms with van der Waals surface area (Å²) in [7, 11) is 1.59. The molecule has 0 fully saturated rings. The van der Waals surface area contributed by atoms with Gasteiger partial charge in [-0.1, -0.05) is 0 Å². The van der Waals surface area contributed by atoms with Crippen molar-refractivity contribution in [2.45, 2.75) is 6.42 Å². The molecule has 1 aliphatic rings. The van der Waals surface area contributed by atoms with Crippen molar-refractivity contribution in [3.8, 4) is 5.75 Å². The fourth-order valence-electron chi connectivity index (χ4n) is 1.74. The molecule has 1 aliphatic heterocycles. The second kappa shape index (κ2) is 3.88. The zero-order valence-corrected chi connectivity index (χ0v) is 8.42. The summed E-state index contributed by atoms with van der Waals surface area (Å²) in [5.74, 6) is 0.0978. The van der Waals surface area contributed by atoms with Gasteiger partial charge in [0.15, 0.2) is 0 Å². The number of hydrogen-bond acceptors (Lipinski definition) is 2. The third kappa shape index (κ3) is 1.93. The number of carbonyl (C=O) groups excluding carboxylic acids is 1. The summed E-state index contributed by atoms with van der Waals surface area (Å²) >= 11 is 0. The summed E-state index contributed by atoms with van der Waals surface area (Å²) in [6.07, 6.45) is 0.534. The van der Waals surface area contributed by atoms with Crippen molar-refractivity contribution in [3.05, 3.63) is 29.6 Å². The average Bonchev–Trinajstić information content (AvgIpc) is 2.27. The van der Waals surface area contributed by atoms with Gasteiger partial charge in [0, 0.05) is 7.05 Å². The van der Waals surface area contributed by atoms with E-state index in [9.17, 15) is 9.18 Å². The first-order valence-corrected chi connectivity index (χ1v) is 4.83. The van der Waals surface area contributed by atoms with Crippen molar-refractivity contribution in [1.82, 2.24) is 5.32 Å². The molecule has 0 saturated carbocycles. The van der Waals surface area contributed by atoms with Crippen LogP contribution in [0.15, 0.2) is 18.2 Å². The van der Waals surface area contributed by atoms with E-state index in [1.54, 1.807) is 13.1 Å². The zero-order valence-electron chi connectivity index (χ0n) is 8.42. The van der Waals surface area contributed by atoms with E-state index in [2.05, 4.69) is 5.32 Å². The predicted octanol–water partition coefficient (Wildman–Crippen LogP) is 1.12. The van der Waals surface area contributed by atoms with Crippen molar-refractivity contribution in [3.63, 3.8) is 0 Å². The molecule has 1 aromatic carbocycles. The van der Waals surface area contributed by atoms with Crippen molar-refractivity contribution in [1.29, 1.82) is 0 Å². The minimum atomic E-state index is -0.296. The smallest absolute Gasteiger partial charge is 0.226 e. The highest BCUT2D eigenvalue weighted by molar-refractivity contribution is 5.79. The van der Waals surface area contributed by atoms with E-state index in [-0.39, 0.29) is 17.6 Å². The average molecular weight is 209 g/mol. The zero-order chi connectivity index (χ0) is 10.8. The highest BCUT2D eigenvalue weighted by Crippen LogP contribution is 2.27. The van der Waals surface area contributed by atoms with Crippen molar-refractivity contribution in [2.75, 3.05) is 13.7 Å². The van der Waals surface area contributed by atoms with Gasteiger partial charge in [-0.15, -0.1) is 0 Å². The maximum absolute atomic E-state index is 12.9. The van der Waals surface area contributed by atoms with Crippen LogP contribution in [0.2, 0.25) is 0 Å². The lowest BCUT2D eigenvalue weighted by Gasteiger charge is -2.23. The van der Waals surface area contributed by atoms with Gasteiger partial charge in [-0.2, -0.15) is 0 Å². The lowest BCUT2D eigenvalue weighted by atomic mass is 9.96. The monoisotopic (exact) mass is 209 g/mol. The van der Waals surface area contributed by atoms with Gasteiger partial charge in [0.1, 0.15) is 18.2 Å². The molecule has 0 saturated heterocycles. The molecule has 1 amide bonds. The molecule has 0 bridgehead atoms. The summed E-state index contributed by atoms with van der Waals surface area (Å²) in [5, 5.41) is 2.57. The largest absolute Gasteiger partial charge is 0.492 e. The second-order valence-electron chi connectivity index (χ2n) is 3.58. The Labute approximate surface area is 87.2 Å². The van der Waals surface area contributed by atoms with Crippen molar-refractivity contribution >= 4 is 5.91 Å². The molecule has 1 atom stereocenters. The molecule has 80 valence electrons. The molecule has 15 heavy (non-hydrogen) atoms. The topological polar surface area (TPSA) is 38.3 Å². The molecule has 0 radical (unpaired) electrons. The first-order valence-electron chi connectivity index (χ1n) is 4.83. The van der Waals surface area contributed by atoms with Crippen molar-refractivity contribution < 1.29 is 13.9 Å². The number of rotatable bonds is 1. The number of nitrogens with one attached hydrogen (secondary N) is 1. The Bertz CT molecular complexity index is 392. The Morgan fingerprint density at radius 1 is 1.60 bits per heavy atom. The summed E-state index contributed by atoms with van der Waals surface area (Å²) in [4.78, 5) is 11.4.